The maximum Gasteiger partial charge on any atom is 0.0540 e. The van der Waals surface area contributed by atoms with Crippen molar-refractivity contribution in [1.29, 1.82) is 0 Å². The summed E-state index contributed by atoms with van der Waals surface area (Å²) in [7, 11) is 0. The standard InChI is InChI=1S/C66H45N3/c1-4-20-52(21-5-1)67(55-34-38-59-48(42-55)30-32-50-44-57(36-40-61(50)59)68(53-22-6-2-7-23-53)65-28-14-18-46-16-10-12-26-63(46)65)56-35-39-60-49(43-56)31-33-51-45-58(37-41-62(51)60)69(54-24-8-3-9-25-54)66-29-15-19-47-17-11-13-27-64(47)66/h1-45H. The summed E-state index contributed by atoms with van der Waals surface area (Å²) in [6, 6.07) is 99.2. The van der Waals surface area contributed by atoms with Crippen LogP contribution in [0.2, 0.25) is 0 Å². The van der Waals surface area contributed by atoms with Gasteiger partial charge in [-0.3, -0.25) is 0 Å². The fourth-order valence-corrected chi connectivity index (χ4v) is 10.5. The third-order valence-electron chi connectivity index (χ3n) is 13.7. The van der Waals surface area contributed by atoms with Crippen LogP contribution in [0.15, 0.2) is 273 Å². The Morgan fingerprint density at radius 2 is 0.449 bits per heavy atom. The predicted octanol–water partition coefficient (Wildman–Crippen LogP) is 19.0. The molecule has 0 bridgehead atoms. The molecule has 0 aromatic heterocycles. The largest absolute Gasteiger partial charge is 0.310 e. The van der Waals surface area contributed by atoms with Crippen LogP contribution in [0.4, 0.5) is 51.2 Å². The van der Waals surface area contributed by atoms with Crippen molar-refractivity contribution < 1.29 is 0 Å². The topological polar surface area (TPSA) is 9.72 Å². The van der Waals surface area contributed by atoms with E-state index in [1.54, 1.807) is 0 Å². The molecule has 324 valence electrons. The molecule has 0 fully saturated rings. The van der Waals surface area contributed by atoms with Crippen LogP contribution in [0, 0.1) is 0 Å². The Labute approximate surface area is 401 Å². The molecule has 13 rings (SSSR count). The van der Waals surface area contributed by atoms with Crippen LogP contribution in [-0.2, 0) is 0 Å². The maximum atomic E-state index is 2.38. The Balaban J connectivity index is 0.876. The Morgan fingerprint density at radius 1 is 0.159 bits per heavy atom. The number of fused-ring (bicyclic) bond motifs is 8. The summed E-state index contributed by atoms with van der Waals surface area (Å²) in [6.07, 6.45) is 0. The van der Waals surface area contributed by atoms with Crippen LogP contribution in [0.5, 0.6) is 0 Å². The van der Waals surface area contributed by atoms with Crippen LogP contribution in [0.1, 0.15) is 0 Å². The number of nitrogens with zero attached hydrogens (tertiary/aromatic N) is 3. The lowest BCUT2D eigenvalue weighted by Crippen LogP contribution is -2.10. The molecular formula is C66H45N3. The molecule has 0 aliphatic rings. The van der Waals surface area contributed by atoms with E-state index < -0.39 is 0 Å². The average molecular weight is 880 g/mol. The normalized spacial score (nSPS) is 11.5. The molecule has 0 amide bonds. The Kier molecular flexibility index (Phi) is 9.84. The predicted molar refractivity (Wildman–Crippen MR) is 296 cm³/mol. The van der Waals surface area contributed by atoms with Gasteiger partial charge < -0.3 is 14.7 Å². The molecule has 69 heavy (non-hydrogen) atoms. The molecule has 0 spiro atoms. The third kappa shape index (κ3) is 7.16. The van der Waals surface area contributed by atoms with Gasteiger partial charge in [0, 0.05) is 50.6 Å². The van der Waals surface area contributed by atoms with Crippen molar-refractivity contribution in [3.63, 3.8) is 0 Å². The lowest BCUT2D eigenvalue weighted by molar-refractivity contribution is 1.29. The highest BCUT2D eigenvalue weighted by molar-refractivity contribution is 6.12. The average Bonchev–Trinajstić information content (AvgIpc) is 3.42. The number of para-hydroxylation sites is 3. The van der Waals surface area contributed by atoms with Crippen molar-refractivity contribution in [2.75, 3.05) is 14.7 Å². The van der Waals surface area contributed by atoms with E-state index in [-0.39, 0.29) is 0 Å². The molecule has 0 saturated carbocycles. The van der Waals surface area contributed by atoms with Crippen LogP contribution in [0.25, 0.3) is 64.6 Å². The zero-order chi connectivity index (χ0) is 45.7. The van der Waals surface area contributed by atoms with E-state index in [1.807, 2.05) is 0 Å². The van der Waals surface area contributed by atoms with E-state index in [1.165, 1.54) is 64.6 Å². The van der Waals surface area contributed by atoms with Crippen LogP contribution in [-0.4, -0.2) is 0 Å². The number of hydrogen-bond acceptors (Lipinski definition) is 3. The monoisotopic (exact) mass is 879 g/mol. The van der Waals surface area contributed by atoms with Gasteiger partial charge in [-0.05, 0) is 151 Å². The zero-order valence-corrected chi connectivity index (χ0v) is 37.8. The van der Waals surface area contributed by atoms with Gasteiger partial charge in [-0.2, -0.15) is 0 Å². The van der Waals surface area contributed by atoms with Crippen LogP contribution >= 0.6 is 0 Å². The van der Waals surface area contributed by atoms with E-state index in [4.69, 9.17) is 0 Å². The molecule has 0 N–H and O–H groups in total. The van der Waals surface area contributed by atoms with Gasteiger partial charge >= 0.3 is 0 Å². The van der Waals surface area contributed by atoms with E-state index >= 15 is 0 Å². The van der Waals surface area contributed by atoms with Crippen molar-refractivity contribution in [3.8, 4) is 0 Å². The van der Waals surface area contributed by atoms with Gasteiger partial charge in [0.05, 0.1) is 11.4 Å². The second-order valence-corrected chi connectivity index (χ2v) is 17.8. The van der Waals surface area contributed by atoms with Gasteiger partial charge in [-0.25, -0.2) is 0 Å². The Bertz CT molecular complexity index is 3780. The van der Waals surface area contributed by atoms with Crippen molar-refractivity contribution in [2.24, 2.45) is 0 Å². The van der Waals surface area contributed by atoms with E-state index in [0.717, 1.165) is 51.2 Å². The third-order valence-corrected chi connectivity index (χ3v) is 13.7. The Morgan fingerprint density at radius 3 is 0.812 bits per heavy atom. The molecule has 0 unspecified atom stereocenters. The molecular weight excluding hydrogens is 835 g/mol. The second-order valence-electron chi connectivity index (χ2n) is 17.8. The minimum Gasteiger partial charge on any atom is -0.310 e. The SMILES string of the molecule is c1ccc(N(c2ccc3c(ccc4cc(N(c5ccccc5)c5cccc6ccccc56)ccc43)c2)c2ccc3c(ccc4cc(N(c5ccccc5)c5cccc6ccccc56)ccc43)c2)cc1. The van der Waals surface area contributed by atoms with Gasteiger partial charge in [0.25, 0.3) is 0 Å². The van der Waals surface area contributed by atoms with Gasteiger partial charge in [0.2, 0.25) is 0 Å². The van der Waals surface area contributed by atoms with Crippen LogP contribution in [0.3, 0.4) is 0 Å². The summed E-state index contributed by atoms with van der Waals surface area (Å²) in [5, 5.41) is 14.6. The first-order valence-corrected chi connectivity index (χ1v) is 23.7. The summed E-state index contributed by atoms with van der Waals surface area (Å²) in [4.78, 5) is 7.13. The van der Waals surface area contributed by atoms with Crippen molar-refractivity contribution in [1.82, 2.24) is 0 Å². The number of rotatable bonds is 9. The maximum absolute atomic E-state index is 2.38. The smallest absolute Gasteiger partial charge is 0.0540 e. The van der Waals surface area contributed by atoms with Crippen molar-refractivity contribution >= 4 is 116 Å². The summed E-state index contributed by atoms with van der Waals surface area (Å²) in [5.74, 6) is 0. The van der Waals surface area contributed by atoms with E-state index in [9.17, 15) is 0 Å². The fraction of sp³-hybridized carbons (Fsp3) is 0. The van der Waals surface area contributed by atoms with Gasteiger partial charge in [0.15, 0.2) is 0 Å². The van der Waals surface area contributed by atoms with Gasteiger partial charge in [-0.15, -0.1) is 0 Å². The molecule has 0 radical (unpaired) electrons. The quantitative estimate of drug-likeness (QED) is 0.134. The number of benzene rings is 13. The number of hydrogen-bond donors (Lipinski definition) is 0. The molecule has 0 aliphatic carbocycles. The molecule has 13 aromatic carbocycles. The summed E-state index contributed by atoms with van der Waals surface area (Å²) >= 11 is 0. The molecule has 3 nitrogen and oxygen atoms in total. The zero-order valence-electron chi connectivity index (χ0n) is 37.8. The van der Waals surface area contributed by atoms with Gasteiger partial charge in [-0.1, -0.05) is 176 Å². The highest BCUT2D eigenvalue weighted by Gasteiger charge is 2.20. The summed E-state index contributed by atoms with van der Waals surface area (Å²) in [6.45, 7) is 0. The van der Waals surface area contributed by atoms with E-state index in [2.05, 4.69) is 288 Å². The lowest BCUT2D eigenvalue weighted by Gasteiger charge is -2.28. The van der Waals surface area contributed by atoms with Crippen molar-refractivity contribution in [2.45, 2.75) is 0 Å². The molecule has 0 heterocycles. The first-order chi connectivity index (χ1) is 34.2. The molecule has 13 aromatic rings. The lowest BCUT2D eigenvalue weighted by atomic mass is 9.98. The minimum atomic E-state index is 1.11. The molecule has 3 heteroatoms. The molecule has 0 aliphatic heterocycles. The summed E-state index contributed by atoms with van der Waals surface area (Å²) in [5.41, 5.74) is 10.1. The number of anilines is 9. The van der Waals surface area contributed by atoms with Crippen molar-refractivity contribution in [3.05, 3.63) is 273 Å². The highest BCUT2D eigenvalue weighted by Crippen LogP contribution is 2.44. The highest BCUT2D eigenvalue weighted by atomic mass is 15.2. The fourth-order valence-electron chi connectivity index (χ4n) is 10.5. The minimum absolute atomic E-state index is 1.11. The first kappa shape index (κ1) is 40.1. The van der Waals surface area contributed by atoms with Gasteiger partial charge in [0.1, 0.15) is 0 Å². The molecule has 0 saturated heterocycles. The first-order valence-electron chi connectivity index (χ1n) is 23.7. The second kappa shape index (κ2) is 16.9. The van der Waals surface area contributed by atoms with E-state index in [0.29, 0.717) is 0 Å². The Hall–Kier alpha value is -9.18. The summed E-state index contributed by atoms with van der Waals surface area (Å²) < 4.78 is 0. The van der Waals surface area contributed by atoms with Crippen LogP contribution < -0.4 is 14.7 Å². The molecule has 0 atom stereocenters.